The Kier molecular flexibility index (Phi) is 6.50. The van der Waals surface area contributed by atoms with Gasteiger partial charge in [0, 0.05) is 0 Å². The SMILES string of the molecule is Clc1c(Cl)c(Cl)c([Si](c2ccccc2)(c2ccccc2)c2ccccc2)c(Cl)c1Cl. The molecule has 0 saturated heterocycles. The van der Waals surface area contributed by atoms with E-state index in [-0.39, 0.29) is 15.1 Å². The van der Waals surface area contributed by atoms with Crippen LogP contribution in [0.25, 0.3) is 0 Å². The van der Waals surface area contributed by atoms with Crippen molar-refractivity contribution in [3.05, 3.63) is 116 Å². The van der Waals surface area contributed by atoms with Gasteiger partial charge in [0.05, 0.1) is 25.1 Å². The molecule has 0 bridgehead atoms. The molecule has 0 unspecified atom stereocenters. The van der Waals surface area contributed by atoms with Gasteiger partial charge in [0.25, 0.3) is 0 Å². The molecule has 4 aromatic carbocycles. The Hall–Kier alpha value is -1.45. The Morgan fingerprint density at radius 1 is 0.367 bits per heavy atom. The number of hydrogen-bond donors (Lipinski definition) is 0. The van der Waals surface area contributed by atoms with Gasteiger partial charge < -0.3 is 0 Å². The summed E-state index contributed by atoms with van der Waals surface area (Å²) in [4.78, 5) is 0. The van der Waals surface area contributed by atoms with E-state index in [9.17, 15) is 0 Å². The maximum absolute atomic E-state index is 6.88. The van der Waals surface area contributed by atoms with Crippen molar-refractivity contribution in [2.45, 2.75) is 0 Å². The van der Waals surface area contributed by atoms with Crippen LogP contribution in [0.1, 0.15) is 0 Å². The van der Waals surface area contributed by atoms with E-state index in [1.54, 1.807) is 0 Å². The fraction of sp³-hybridized carbons (Fsp3) is 0. The second-order valence-electron chi connectivity index (χ2n) is 6.79. The molecule has 0 aromatic heterocycles. The first kappa shape index (κ1) is 21.8. The van der Waals surface area contributed by atoms with E-state index >= 15 is 0 Å². The second kappa shape index (κ2) is 8.96. The molecule has 6 heteroatoms. The third kappa shape index (κ3) is 3.48. The van der Waals surface area contributed by atoms with Crippen LogP contribution in [0.3, 0.4) is 0 Å². The largest absolute Gasteiger partial charge is 0.183 e. The Morgan fingerprint density at radius 2 is 0.633 bits per heavy atom. The zero-order valence-electron chi connectivity index (χ0n) is 15.6. The molecule has 0 aliphatic rings. The van der Waals surface area contributed by atoms with Crippen LogP contribution in [0.15, 0.2) is 91.0 Å². The molecule has 0 amide bonds. The minimum Gasteiger partial charge on any atom is -0.0827 e. The molecule has 4 aromatic rings. The molecule has 0 heterocycles. The molecule has 0 atom stereocenters. The van der Waals surface area contributed by atoms with Crippen LogP contribution in [-0.4, -0.2) is 8.07 Å². The lowest BCUT2D eigenvalue weighted by atomic mass is 10.3. The zero-order valence-corrected chi connectivity index (χ0v) is 20.3. The van der Waals surface area contributed by atoms with Crippen LogP contribution in [0, 0.1) is 0 Å². The smallest absolute Gasteiger partial charge is 0.0827 e. The van der Waals surface area contributed by atoms with Crippen LogP contribution in [0.4, 0.5) is 0 Å². The summed E-state index contributed by atoms with van der Waals surface area (Å²) in [5.74, 6) is 0. The van der Waals surface area contributed by atoms with Crippen molar-refractivity contribution in [1.29, 1.82) is 0 Å². The average Bonchev–Trinajstić information content (AvgIpc) is 2.81. The fourth-order valence-corrected chi connectivity index (χ4v) is 10.9. The van der Waals surface area contributed by atoms with E-state index in [0.29, 0.717) is 10.0 Å². The van der Waals surface area contributed by atoms with Crippen molar-refractivity contribution in [3.63, 3.8) is 0 Å². The molecule has 0 nitrogen and oxygen atoms in total. The second-order valence-corrected chi connectivity index (χ2v) is 12.4. The predicted molar refractivity (Wildman–Crippen MR) is 135 cm³/mol. The topological polar surface area (TPSA) is 0 Å². The third-order valence-electron chi connectivity index (χ3n) is 5.21. The summed E-state index contributed by atoms with van der Waals surface area (Å²) in [5, 5.41) is 5.31. The summed E-state index contributed by atoms with van der Waals surface area (Å²) in [6.07, 6.45) is 0. The van der Waals surface area contributed by atoms with E-state index in [1.165, 1.54) is 0 Å². The minimum absolute atomic E-state index is 0.161. The third-order valence-corrected chi connectivity index (χ3v) is 12.6. The fourth-order valence-electron chi connectivity index (χ4n) is 3.93. The first-order chi connectivity index (χ1) is 14.5. The molecular weight excluding hydrogens is 494 g/mol. The van der Waals surface area contributed by atoms with Gasteiger partial charge in [-0.3, -0.25) is 0 Å². The summed E-state index contributed by atoms with van der Waals surface area (Å²) in [7, 11) is -2.97. The summed E-state index contributed by atoms with van der Waals surface area (Å²) in [5.41, 5.74) is 0. The number of halogens is 5. The van der Waals surface area contributed by atoms with Gasteiger partial charge in [0.15, 0.2) is 8.07 Å². The highest BCUT2D eigenvalue weighted by molar-refractivity contribution is 7.21. The first-order valence-electron chi connectivity index (χ1n) is 9.18. The van der Waals surface area contributed by atoms with Crippen LogP contribution in [-0.2, 0) is 0 Å². The molecular formula is C24H15Cl5Si. The maximum atomic E-state index is 6.88. The van der Waals surface area contributed by atoms with Crippen molar-refractivity contribution >= 4 is 86.8 Å². The lowest BCUT2D eigenvalue weighted by Gasteiger charge is -2.36. The number of benzene rings is 4. The lowest BCUT2D eigenvalue weighted by Crippen LogP contribution is -2.75. The van der Waals surface area contributed by atoms with E-state index in [2.05, 4.69) is 36.4 Å². The maximum Gasteiger partial charge on any atom is 0.183 e. The molecule has 0 saturated carbocycles. The Balaban J connectivity index is 2.27. The molecule has 0 aliphatic carbocycles. The van der Waals surface area contributed by atoms with Crippen molar-refractivity contribution in [3.8, 4) is 0 Å². The van der Waals surface area contributed by atoms with E-state index in [1.807, 2.05) is 54.6 Å². The zero-order chi connectivity index (χ0) is 21.3. The highest BCUT2D eigenvalue weighted by Crippen LogP contribution is 2.40. The Morgan fingerprint density at radius 3 is 0.933 bits per heavy atom. The Bertz CT molecular complexity index is 1050. The van der Waals surface area contributed by atoms with Crippen LogP contribution >= 0.6 is 58.0 Å². The minimum atomic E-state index is -2.97. The van der Waals surface area contributed by atoms with Gasteiger partial charge in [-0.15, -0.1) is 0 Å². The van der Waals surface area contributed by atoms with Crippen molar-refractivity contribution in [2.75, 3.05) is 0 Å². The molecule has 0 aliphatic heterocycles. The molecule has 0 fully saturated rings. The highest BCUT2D eigenvalue weighted by atomic mass is 35.5. The lowest BCUT2D eigenvalue weighted by molar-refractivity contribution is 1.66. The summed E-state index contributed by atoms with van der Waals surface area (Å²) < 4.78 is 0. The summed E-state index contributed by atoms with van der Waals surface area (Å²) in [6, 6.07) is 30.7. The normalized spacial score (nSPS) is 11.5. The molecule has 4 rings (SSSR count). The summed E-state index contributed by atoms with van der Waals surface area (Å²) >= 11 is 33.2. The number of rotatable bonds is 4. The standard InChI is InChI=1S/C24H15Cl5Si/c25-19-20(26)22(28)24(23(29)21(19)27)30(16-10-4-1-5-11-16,17-12-6-2-7-13-17)18-14-8-3-9-15-18/h1-15H. The van der Waals surface area contributed by atoms with E-state index in [4.69, 9.17) is 58.0 Å². The molecule has 0 radical (unpaired) electrons. The quantitative estimate of drug-likeness (QED) is 0.131. The molecule has 150 valence electrons. The summed E-state index contributed by atoms with van der Waals surface area (Å²) in [6.45, 7) is 0. The van der Waals surface area contributed by atoms with Crippen molar-refractivity contribution < 1.29 is 0 Å². The van der Waals surface area contributed by atoms with Crippen LogP contribution in [0.5, 0.6) is 0 Å². The first-order valence-corrected chi connectivity index (χ1v) is 13.1. The van der Waals surface area contributed by atoms with E-state index in [0.717, 1.165) is 20.7 Å². The van der Waals surface area contributed by atoms with Gasteiger partial charge in [-0.2, -0.15) is 0 Å². The van der Waals surface area contributed by atoms with Crippen LogP contribution in [0.2, 0.25) is 25.1 Å². The molecule has 0 spiro atoms. The predicted octanol–water partition coefficient (Wildman–Crippen LogP) is 6.33. The monoisotopic (exact) mass is 506 g/mol. The molecule has 0 N–H and O–H groups in total. The van der Waals surface area contributed by atoms with E-state index < -0.39 is 8.07 Å². The number of hydrogen-bond acceptors (Lipinski definition) is 0. The van der Waals surface area contributed by atoms with Gasteiger partial charge in [-0.05, 0) is 20.7 Å². The molecule has 30 heavy (non-hydrogen) atoms. The van der Waals surface area contributed by atoms with Crippen molar-refractivity contribution in [2.24, 2.45) is 0 Å². The van der Waals surface area contributed by atoms with Gasteiger partial charge in [-0.25, -0.2) is 0 Å². The van der Waals surface area contributed by atoms with Gasteiger partial charge >= 0.3 is 0 Å². The van der Waals surface area contributed by atoms with Gasteiger partial charge in [0.1, 0.15) is 0 Å². The Labute approximate surface area is 202 Å². The average molecular weight is 509 g/mol. The highest BCUT2D eigenvalue weighted by Gasteiger charge is 2.45. The van der Waals surface area contributed by atoms with Gasteiger partial charge in [0.2, 0.25) is 0 Å². The van der Waals surface area contributed by atoms with Crippen molar-refractivity contribution in [1.82, 2.24) is 0 Å². The van der Waals surface area contributed by atoms with Gasteiger partial charge in [-0.1, -0.05) is 149 Å². The van der Waals surface area contributed by atoms with Crippen LogP contribution < -0.4 is 20.7 Å².